The van der Waals surface area contributed by atoms with Crippen LogP contribution in [-0.2, 0) is 10.0 Å². The molecule has 0 saturated heterocycles. The van der Waals surface area contributed by atoms with Crippen LogP contribution in [0.5, 0.6) is 5.75 Å². The molecule has 2 aromatic rings. The van der Waals surface area contributed by atoms with Crippen LogP contribution in [0.15, 0.2) is 35.2 Å². The number of ether oxygens (including phenoxy) is 1. The molecule has 0 saturated carbocycles. The molecule has 0 heterocycles. The molecule has 0 spiro atoms. The van der Waals surface area contributed by atoms with Gasteiger partial charge in [-0.2, -0.15) is 0 Å². The molecule has 0 unspecified atom stereocenters. The highest BCUT2D eigenvalue weighted by Gasteiger charge is 2.25. The Morgan fingerprint density at radius 1 is 1.17 bits per heavy atom. The molecule has 0 radical (unpaired) electrons. The number of hydrogen-bond donors (Lipinski definition) is 2. The molecule has 2 rings (SSSR count). The Hall–Kier alpha value is -2.40. The summed E-state index contributed by atoms with van der Waals surface area (Å²) in [5, 5.41) is 13.3. The van der Waals surface area contributed by atoms with E-state index in [1.54, 1.807) is 13.8 Å². The summed E-state index contributed by atoms with van der Waals surface area (Å²) in [5.74, 6) is -0.617. The standard InChI is InChI=1S/C17H17Cl2N3O6S/c1-9(2)21-29(26,27)16-7-11(12(18)8-13(16)19)17(23)20-14-5-4-10(28-3)6-15(14)22(24)25/h4-9,21H,1-3H3,(H,20,23). The van der Waals surface area contributed by atoms with Gasteiger partial charge in [0.15, 0.2) is 0 Å². The van der Waals surface area contributed by atoms with E-state index in [0.29, 0.717) is 0 Å². The van der Waals surface area contributed by atoms with Gasteiger partial charge in [0.05, 0.1) is 33.7 Å². The maximum Gasteiger partial charge on any atom is 0.296 e. The van der Waals surface area contributed by atoms with Crippen molar-refractivity contribution in [2.75, 3.05) is 12.4 Å². The monoisotopic (exact) mass is 461 g/mol. The fraction of sp³-hybridized carbons (Fsp3) is 0.235. The van der Waals surface area contributed by atoms with Crippen LogP contribution in [0.3, 0.4) is 0 Å². The van der Waals surface area contributed by atoms with Gasteiger partial charge >= 0.3 is 0 Å². The lowest BCUT2D eigenvalue weighted by molar-refractivity contribution is -0.384. The number of carbonyl (C=O) groups is 1. The highest BCUT2D eigenvalue weighted by molar-refractivity contribution is 7.89. The highest BCUT2D eigenvalue weighted by atomic mass is 35.5. The third kappa shape index (κ3) is 5.36. The average molecular weight is 462 g/mol. The van der Waals surface area contributed by atoms with E-state index < -0.39 is 32.6 Å². The van der Waals surface area contributed by atoms with Crippen molar-refractivity contribution in [3.63, 3.8) is 0 Å². The summed E-state index contributed by atoms with van der Waals surface area (Å²) in [4.78, 5) is 22.9. The zero-order valence-electron chi connectivity index (χ0n) is 15.5. The molecule has 0 fully saturated rings. The number of benzene rings is 2. The fourth-order valence-corrected chi connectivity index (χ4v) is 4.48. The predicted octanol–water partition coefficient (Wildman–Crippen LogP) is 3.85. The van der Waals surface area contributed by atoms with Crippen molar-refractivity contribution >= 4 is 50.5 Å². The molecule has 1 amide bonds. The second-order valence-electron chi connectivity index (χ2n) is 6.13. The van der Waals surface area contributed by atoms with E-state index in [9.17, 15) is 23.3 Å². The summed E-state index contributed by atoms with van der Waals surface area (Å²) < 4.78 is 32.2. The largest absolute Gasteiger partial charge is 0.496 e. The molecule has 0 aliphatic rings. The van der Waals surface area contributed by atoms with Gasteiger partial charge in [-0.15, -0.1) is 0 Å². The molecule has 2 aromatic carbocycles. The first-order valence-corrected chi connectivity index (χ1v) is 10.4. The number of amides is 1. The predicted molar refractivity (Wildman–Crippen MR) is 110 cm³/mol. The van der Waals surface area contributed by atoms with E-state index in [4.69, 9.17) is 27.9 Å². The van der Waals surface area contributed by atoms with Gasteiger partial charge in [-0.1, -0.05) is 23.2 Å². The third-order valence-electron chi connectivity index (χ3n) is 3.60. The lowest BCUT2D eigenvalue weighted by atomic mass is 10.2. The number of hydrogen-bond acceptors (Lipinski definition) is 6. The van der Waals surface area contributed by atoms with Crippen molar-refractivity contribution in [3.05, 3.63) is 56.1 Å². The second-order valence-corrected chi connectivity index (χ2v) is 8.63. The molecule has 156 valence electrons. The molecular formula is C17H17Cl2N3O6S. The van der Waals surface area contributed by atoms with Crippen molar-refractivity contribution in [1.82, 2.24) is 4.72 Å². The average Bonchev–Trinajstić information content (AvgIpc) is 2.60. The summed E-state index contributed by atoms with van der Waals surface area (Å²) in [7, 11) is -2.67. The van der Waals surface area contributed by atoms with E-state index in [2.05, 4.69) is 10.0 Å². The molecular weight excluding hydrogens is 445 g/mol. The number of carbonyl (C=O) groups excluding carboxylic acids is 1. The zero-order chi connectivity index (χ0) is 21.9. The first-order valence-electron chi connectivity index (χ1n) is 8.11. The van der Waals surface area contributed by atoms with Crippen LogP contribution in [0, 0.1) is 10.1 Å². The minimum absolute atomic E-state index is 0.114. The number of methoxy groups -OCH3 is 1. The van der Waals surface area contributed by atoms with Gasteiger partial charge in [-0.25, -0.2) is 13.1 Å². The third-order valence-corrected chi connectivity index (χ3v) is 6.03. The number of rotatable bonds is 7. The van der Waals surface area contributed by atoms with Crippen LogP contribution >= 0.6 is 23.2 Å². The second kappa shape index (κ2) is 8.95. The van der Waals surface area contributed by atoms with Crippen molar-refractivity contribution in [2.24, 2.45) is 0 Å². The first kappa shape index (κ1) is 22.9. The van der Waals surface area contributed by atoms with E-state index in [0.717, 1.165) is 18.2 Å². The van der Waals surface area contributed by atoms with Gasteiger partial charge in [-0.3, -0.25) is 14.9 Å². The maximum absolute atomic E-state index is 12.7. The maximum atomic E-state index is 12.7. The molecule has 9 nitrogen and oxygen atoms in total. The summed E-state index contributed by atoms with van der Waals surface area (Å²) in [5.41, 5.74) is -0.737. The number of nitro benzene ring substituents is 1. The van der Waals surface area contributed by atoms with Crippen LogP contribution in [0.25, 0.3) is 0 Å². The van der Waals surface area contributed by atoms with E-state index in [1.165, 1.54) is 19.2 Å². The Bertz CT molecular complexity index is 1070. The van der Waals surface area contributed by atoms with Gasteiger partial charge in [0.1, 0.15) is 16.3 Å². The fourth-order valence-electron chi connectivity index (χ4n) is 2.37. The van der Waals surface area contributed by atoms with Crippen LogP contribution in [0.1, 0.15) is 24.2 Å². The topological polar surface area (TPSA) is 128 Å². The van der Waals surface area contributed by atoms with Crippen molar-refractivity contribution < 1.29 is 22.9 Å². The molecule has 0 bridgehead atoms. The summed E-state index contributed by atoms with van der Waals surface area (Å²) >= 11 is 12.1. The quantitative estimate of drug-likeness (QED) is 0.475. The van der Waals surface area contributed by atoms with Crippen LogP contribution < -0.4 is 14.8 Å². The molecule has 0 aliphatic carbocycles. The van der Waals surface area contributed by atoms with Gasteiger partial charge in [0.25, 0.3) is 11.6 Å². The van der Waals surface area contributed by atoms with E-state index >= 15 is 0 Å². The number of halogens is 2. The van der Waals surface area contributed by atoms with Crippen LogP contribution in [-0.4, -0.2) is 32.4 Å². The zero-order valence-corrected chi connectivity index (χ0v) is 17.9. The van der Waals surface area contributed by atoms with Crippen molar-refractivity contribution in [3.8, 4) is 5.75 Å². The van der Waals surface area contributed by atoms with Crippen LogP contribution in [0.2, 0.25) is 10.0 Å². The number of nitrogens with one attached hydrogen (secondary N) is 2. The van der Waals surface area contributed by atoms with Crippen molar-refractivity contribution in [2.45, 2.75) is 24.8 Å². The number of nitro groups is 1. The minimum Gasteiger partial charge on any atom is -0.496 e. The Balaban J connectivity index is 2.47. The number of sulfonamides is 1. The van der Waals surface area contributed by atoms with E-state index in [1.807, 2.05) is 0 Å². The normalized spacial score (nSPS) is 11.4. The highest BCUT2D eigenvalue weighted by Crippen LogP contribution is 2.32. The van der Waals surface area contributed by atoms with E-state index in [-0.39, 0.29) is 31.9 Å². The Kier molecular flexibility index (Phi) is 7.06. The Labute approximate surface area is 177 Å². The molecule has 0 atom stereocenters. The van der Waals surface area contributed by atoms with Crippen LogP contribution in [0.4, 0.5) is 11.4 Å². The number of anilines is 1. The summed E-state index contributed by atoms with van der Waals surface area (Å²) in [6.07, 6.45) is 0. The lowest BCUT2D eigenvalue weighted by Crippen LogP contribution is -2.30. The molecule has 2 N–H and O–H groups in total. The van der Waals surface area contributed by atoms with Gasteiger partial charge in [-0.05, 0) is 38.1 Å². The Morgan fingerprint density at radius 2 is 1.83 bits per heavy atom. The SMILES string of the molecule is COc1ccc(NC(=O)c2cc(S(=O)(=O)NC(C)C)c(Cl)cc2Cl)c([N+](=O)[O-])c1. The smallest absolute Gasteiger partial charge is 0.296 e. The molecule has 0 aliphatic heterocycles. The Morgan fingerprint density at radius 3 is 2.38 bits per heavy atom. The molecule has 29 heavy (non-hydrogen) atoms. The minimum atomic E-state index is -4.01. The van der Waals surface area contributed by atoms with Gasteiger partial charge < -0.3 is 10.1 Å². The first-order chi connectivity index (χ1) is 13.5. The number of nitrogens with zero attached hydrogens (tertiary/aromatic N) is 1. The lowest BCUT2D eigenvalue weighted by Gasteiger charge is -2.14. The van der Waals surface area contributed by atoms with Crippen molar-refractivity contribution in [1.29, 1.82) is 0 Å². The van der Waals surface area contributed by atoms with Gasteiger partial charge in [0, 0.05) is 6.04 Å². The molecule has 12 heteroatoms. The summed E-state index contributed by atoms with van der Waals surface area (Å²) in [6, 6.07) is 5.58. The van der Waals surface area contributed by atoms with Gasteiger partial charge in [0.2, 0.25) is 10.0 Å². The molecule has 0 aromatic heterocycles. The summed E-state index contributed by atoms with van der Waals surface area (Å²) in [6.45, 7) is 3.25.